The molecule has 3 N–H and O–H groups in total. The van der Waals surface area contributed by atoms with Crippen LogP contribution in [0.1, 0.15) is 12.0 Å². The molecule has 0 spiro atoms. The van der Waals surface area contributed by atoms with E-state index in [4.69, 9.17) is 10.2 Å². The fraction of sp³-hybridized carbons (Fsp3) is 0.333. The van der Waals surface area contributed by atoms with Crippen LogP contribution in [-0.4, -0.2) is 144 Å². The van der Waals surface area contributed by atoms with Crippen LogP contribution in [0.5, 0.6) is 5.75 Å². The number of likely N-dealkylation sites (N-methyl/N-ethyl adjacent to an activating group) is 1. The number of carboxylic acid groups (broad SMARTS) is 2. The maximum atomic E-state index is 10.6. The molecule has 0 amide bonds. The molecular formula is C12H15K2NO5. The smallest absolute Gasteiger partial charge is 0.323 e. The predicted molar refractivity (Wildman–Crippen MR) is 76.5 cm³/mol. The average Bonchev–Trinajstić information content (AvgIpc) is 2.26. The summed E-state index contributed by atoms with van der Waals surface area (Å²) < 4.78 is 0. The molecule has 100 valence electrons. The first-order chi connectivity index (χ1) is 8.41. The van der Waals surface area contributed by atoms with Crippen LogP contribution in [0.25, 0.3) is 0 Å². The topological polar surface area (TPSA) is 98.1 Å². The molecule has 8 heteroatoms. The van der Waals surface area contributed by atoms with E-state index in [1.807, 2.05) is 0 Å². The van der Waals surface area contributed by atoms with Crippen LogP contribution >= 0.6 is 0 Å². The Balaban J connectivity index is 0. The number of aromatic hydroxyl groups is 1. The number of hydrogen-bond donors (Lipinski definition) is 3. The molecule has 0 bridgehead atoms. The van der Waals surface area contributed by atoms with Crippen LogP contribution in [0.15, 0.2) is 18.2 Å². The number of nitrogens with zero attached hydrogens (tertiary/aromatic N) is 1. The van der Waals surface area contributed by atoms with Gasteiger partial charge in [-0.25, -0.2) is 0 Å². The fourth-order valence-corrected chi connectivity index (χ4v) is 1.62. The zero-order valence-corrected chi connectivity index (χ0v) is 18.2. The van der Waals surface area contributed by atoms with E-state index in [0.717, 1.165) is 0 Å². The molecule has 0 aliphatic rings. The number of hydrogen-bond acceptors (Lipinski definition) is 4. The van der Waals surface area contributed by atoms with Crippen LogP contribution < -0.4 is 4.90 Å². The molecule has 1 aromatic carbocycles. The van der Waals surface area contributed by atoms with E-state index in [-0.39, 0.29) is 128 Å². The Labute approximate surface area is 202 Å². The third kappa shape index (κ3) is 7.88. The van der Waals surface area contributed by atoms with Crippen molar-refractivity contribution < 1.29 is 24.9 Å². The zero-order chi connectivity index (χ0) is 13.7. The van der Waals surface area contributed by atoms with Gasteiger partial charge in [-0.2, -0.15) is 0 Å². The summed E-state index contributed by atoms with van der Waals surface area (Å²) in [5.41, 5.74) is 0.868. The Morgan fingerprint density at radius 1 is 1.15 bits per heavy atom. The summed E-state index contributed by atoms with van der Waals surface area (Å²) in [5, 5.41) is 27.2. The van der Waals surface area contributed by atoms with Crippen molar-refractivity contribution >= 4 is 120 Å². The summed E-state index contributed by atoms with van der Waals surface area (Å²) in [6.45, 7) is -0.240. The second kappa shape index (κ2) is 11.6. The van der Waals surface area contributed by atoms with Gasteiger partial charge in [-0.3, -0.25) is 9.59 Å². The normalized spacial score (nSPS) is 9.05. The number of benzene rings is 1. The molecule has 0 aromatic heterocycles. The summed E-state index contributed by atoms with van der Waals surface area (Å²) in [7, 11) is 1.55. The van der Waals surface area contributed by atoms with Crippen molar-refractivity contribution in [2.75, 3.05) is 18.5 Å². The Bertz CT molecular complexity index is 467. The molecule has 6 nitrogen and oxygen atoms in total. The maximum absolute atomic E-state index is 10.6. The van der Waals surface area contributed by atoms with Gasteiger partial charge >= 0.3 is 11.9 Å². The molecule has 0 fully saturated rings. The van der Waals surface area contributed by atoms with Crippen molar-refractivity contribution in [3.05, 3.63) is 23.8 Å². The van der Waals surface area contributed by atoms with Crippen molar-refractivity contribution in [1.29, 1.82) is 0 Å². The van der Waals surface area contributed by atoms with E-state index in [0.29, 0.717) is 11.3 Å². The predicted octanol–water partition coefficient (Wildman–Crippen LogP) is 0.169. The molecule has 0 saturated carbocycles. The van der Waals surface area contributed by atoms with Gasteiger partial charge in [0.05, 0.1) is 5.69 Å². The number of rotatable bonds is 6. The van der Waals surface area contributed by atoms with E-state index in [9.17, 15) is 14.7 Å². The van der Waals surface area contributed by atoms with Crippen molar-refractivity contribution in [2.24, 2.45) is 0 Å². The Morgan fingerprint density at radius 3 is 2.25 bits per heavy atom. The molecule has 2 radical (unpaired) electrons. The first-order valence-electron chi connectivity index (χ1n) is 5.37. The first-order valence-corrected chi connectivity index (χ1v) is 5.37. The number of aryl methyl sites for hydroxylation is 1. The largest absolute Gasteiger partial charge is 0.505 e. The molecule has 0 saturated heterocycles. The maximum Gasteiger partial charge on any atom is 0.323 e. The van der Waals surface area contributed by atoms with Gasteiger partial charge in [0.2, 0.25) is 0 Å². The van der Waals surface area contributed by atoms with E-state index < -0.39 is 11.9 Å². The number of carboxylic acids is 2. The number of anilines is 1. The van der Waals surface area contributed by atoms with Crippen LogP contribution in [0, 0.1) is 0 Å². The van der Waals surface area contributed by atoms with Crippen molar-refractivity contribution in [2.45, 2.75) is 12.8 Å². The number of phenolic OH excluding ortho intramolecular Hbond substituents is 1. The average molecular weight is 331 g/mol. The van der Waals surface area contributed by atoms with E-state index in [1.54, 1.807) is 25.2 Å². The standard InChI is InChI=1S/C12H15NO5.2K/c1-13(7-11(16)17)9-4-2-3-8(12(9)18)5-6-10(14)15;;/h2-4,18H,5-7H2,1H3,(H,14,15)(H,16,17);;. The molecule has 0 aliphatic carbocycles. The summed E-state index contributed by atoms with van der Waals surface area (Å²) >= 11 is 0. The monoisotopic (exact) mass is 331 g/mol. The number of carbonyl (C=O) groups is 2. The molecule has 1 rings (SSSR count). The molecule has 20 heavy (non-hydrogen) atoms. The second-order valence-electron chi connectivity index (χ2n) is 3.93. The summed E-state index contributed by atoms with van der Waals surface area (Å²) in [6, 6.07) is 4.86. The molecule has 0 atom stereocenters. The van der Waals surface area contributed by atoms with Gasteiger partial charge in [0, 0.05) is 116 Å². The van der Waals surface area contributed by atoms with Crippen molar-refractivity contribution in [1.82, 2.24) is 0 Å². The van der Waals surface area contributed by atoms with Crippen LogP contribution in [0.2, 0.25) is 0 Å². The molecule has 1 aromatic rings. The van der Waals surface area contributed by atoms with E-state index in [2.05, 4.69) is 0 Å². The number of aliphatic carboxylic acids is 2. The quantitative estimate of drug-likeness (QED) is 0.643. The number of phenols is 1. The fourth-order valence-electron chi connectivity index (χ4n) is 1.62. The zero-order valence-electron chi connectivity index (χ0n) is 12.0. The summed E-state index contributed by atoms with van der Waals surface area (Å²) in [4.78, 5) is 22.5. The van der Waals surface area contributed by atoms with Crippen LogP contribution in [0.3, 0.4) is 0 Å². The van der Waals surface area contributed by atoms with Gasteiger partial charge in [0.25, 0.3) is 0 Å². The number of para-hydroxylation sites is 1. The molecule has 0 heterocycles. The van der Waals surface area contributed by atoms with Crippen molar-refractivity contribution in [3.8, 4) is 5.75 Å². The molecule has 0 unspecified atom stereocenters. The van der Waals surface area contributed by atoms with Gasteiger partial charge in [-0.15, -0.1) is 0 Å². The Hall–Kier alpha value is 1.03. The molecular weight excluding hydrogens is 316 g/mol. The summed E-state index contributed by atoms with van der Waals surface area (Å²) in [5.74, 6) is -2.02. The van der Waals surface area contributed by atoms with E-state index in [1.165, 1.54) is 4.90 Å². The Kier molecular flexibility index (Phi) is 13.5. The van der Waals surface area contributed by atoms with Gasteiger partial charge < -0.3 is 20.2 Å². The minimum atomic E-state index is -1.01. The third-order valence-electron chi connectivity index (χ3n) is 2.49. The minimum Gasteiger partial charge on any atom is -0.505 e. The first kappa shape index (κ1) is 23.3. The van der Waals surface area contributed by atoms with Crippen LogP contribution in [0.4, 0.5) is 5.69 Å². The Morgan fingerprint density at radius 2 is 1.75 bits per heavy atom. The van der Waals surface area contributed by atoms with Gasteiger partial charge in [-0.05, 0) is 18.1 Å². The van der Waals surface area contributed by atoms with Gasteiger partial charge in [0.1, 0.15) is 12.3 Å². The van der Waals surface area contributed by atoms with Gasteiger partial charge in [0.15, 0.2) is 0 Å². The van der Waals surface area contributed by atoms with Crippen LogP contribution in [-0.2, 0) is 16.0 Å². The second-order valence-corrected chi connectivity index (χ2v) is 3.93. The SMILES string of the molecule is CN(CC(=O)O)c1cccc(CCC(=O)O)c1O.[K].[K]. The van der Waals surface area contributed by atoms with Crippen molar-refractivity contribution in [3.63, 3.8) is 0 Å². The third-order valence-corrected chi connectivity index (χ3v) is 2.49. The molecule has 0 aliphatic heterocycles. The summed E-state index contributed by atoms with van der Waals surface area (Å²) in [6.07, 6.45) is 0.121. The van der Waals surface area contributed by atoms with E-state index >= 15 is 0 Å². The van der Waals surface area contributed by atoms with Gasteiger partial charge in [-0.1, -0.05) is 12.1 Å². The minimum absolute atomic E-state index is 0.